The minimum absolute atomic E-state index is 0. The van der Waals surface area contributed by atoms with Crippen LogP contribution in [0, 0.1) is 0 Å². The number of rotatable bonds is 0. The molecule has 0 spiro atoms. The summed E-state index contributed by atoms with van der Waals surface area (Å²) in [4.78, 5) is 18.2. The van der Waals surface area contributed by atoms with Gasteiger partial charge in [-0.15, -0.1) is 0 Å². The standard InChI is InChI=1S/C2H2O4.H2O.Pt/c3-1(4)2(5)6;;/h(H,3,4)(H,5,6);1H2;. The maximum atomic E-state index is 9.10. The van der Waals surface area contributed by atoms with Gasteiger partial charge in [0.2, 0.25) is 0 Å². The Morgan fingerprint density at radius 1 is 1.00 bits per heavy atom. The molecule has 0 aromatic rings. The molecule has 0 rings (SSSR count). The molecule has 5 nitrogen and oxygen atoms in total. The minimum Gasteiger partial charge on any atom is -0.473 e. The van der Waals surface area contributed by atoms with Crippen molar-refractivity contribution in [2.45, 2.75) is 0 Å². The van der Waals surface area contributed by atoms with Crippen molar-refractivity contribution in [1.82, 2.24) is 0 Å². The van der Waals surface area contributed by atoms with Gasteiger partial charge >= 0.3 is 11.9 Å². The van der Waals surface area contributed by atoms with Crippen LogP contribution in [0.5, 0.6) is 0 Å². The van der Waals surface area contributed by atoms with E-state index in [0.717, 1.165) is 0 Å². The van der Waals surface area contributed by atoms with Crippen molar-refractivity contribution >= 4 is 11.9 Å². The zero-order valence-corrected chi connectivity index (χ0v) is 5.80. The van der Waals surface area contributed by atoms with E-state index in [9.17, 15) is 0 Å². The SMILES string of the molecule is O.O=C(O)C(=O)O.[Pt]. The molecule has 52 valence electrons. The maximum absolute atomic E-state index is 9.10. The third kappa shape index (κ3) is 9.14. The van der Waals surface area contributed by atoms with E-state index in [1.165, 1.54) is 0 Å². The maximum Gasteiger partial charge on any atom is 0.414 e. The van der Waals surface area contributed by atoms with Gasteiger partial charge in [-0.3, -0.25) is 0 Å². The third-order valence-electron chi connectivity index (χ3n) is 0.183. The van der Waals surface area contributed by atoms with Crippen molar-refractivity contribution in [3.63, 3.8) is 0 Å². The number of hydrogen-bond acceptors (Lipinski definition) is 2. The topological polar surface area (TPSA) is 106 Å². The first-order valence-electron chi connectivity index (χ1n) is 1.11. The zero-order valence-electron chi connectivity index (χ0n) is 3.53. The molecule has 6 heteroatoms. The van der Waals surface area contributed by atoms with Crippen LogP contribution in [0.25, 0.3) is 0 Å². The quantitative estimate of drug-likeness (QED) is 0.522. The van der Waals surface area contributed by atoms with E-state index in [1.807, 2.05) is 0 Å². The van der Waals surface area contributed by atoms with Crippen molar-refractivity contribution in [2.24, 2.45) is 0 Å². The van der Waals surface area contributed by atoms with Crippen LogP contribution < -0.4 is 0 Å². The molecule has 0 unspecified atom stereocenters. The number of carboxylic acids is 2. The molecule has 0 saturated heterocycles. The van der Waals surface area contributed by atoms with Gasteiger partial charge in [-0.05, 0) is 0 Å². The second kappa shape index (κ2) is 6.59. The van der Waals surface area contributed by atoms with Crippen LogP contribution >= 0.6 is 0 Å². The number of carboxylic acid groups (broad SMARTS) is 2. The van der Waals surface area contributed by atoms with Crippen LogP contribution in [-0.2, 0) is 30.7 Å². The fourth-order valence-electron chi connectivity index (χ4n) is 0. The minimum atomic E-state index is -1.82. The first-order valence-corrected chi connectivity index (χ1v) is 1.11. The van der Waals surface area contributed by atoms with Crippen molar-refractivity contribution < 1.29 is 46.3 Å². The Morgan fingerprint density at radius 2 is 1.12 bits per heavy atom. The van der Waals surface area contributed by atoms with Crippen LogP contribution in [0.15, 0.2) is 0 Å². The molecule has 8 heavy (non-hydrogen) atoms. The summed E-state index contributed by atoms with van der Waals surface area (Å²) in [6.07, 6.45) is 0. The van der Waals surface area contributed by atoms with E-state index >= 15 is 0 Å². The Morgan fingerprint density at radius 3 is 1.12 bits per heavy atom. The summed E-state index contributed by atoms with van der Waals surface area (Å²) in [5, 5.41) is 14.8. The number of carbonyl (C=O) groups is 2. The summed E-state index contributed by atoms with van der Waals surface area (Å²) < 4.78 is 0. The Bertz CT molecular complexity index is 76.4. The molecular formula is C2H4O5Pt. The molecule has 0 bridgehead atoms. The molecule has 0 radical (unpaired) electrons. The van der Waals surface area contributed by atoms with E-state index in [-0.39, 0.29) is 26.5 Å². The first kappa shape index (κ1) is 15.6. The molecule has 4 N–H and O–H groups in total. The molecule has 0 fully saturated rings. The number of hydrogen-bond donors (Lipinski definition) is 2. The van der Waals surface area contributed by atoms with Crippen LogP contribution in [0.3, 0.4) is 0 Å². The van der Waals surface area contributed by atoms with Crippen LogP contribution in [0.2, 0.25) is 0 Å². The van der Waals surface area contributed by atoms with Gasteiger partial charge in [0.05, 0.1) is 0 Å². The Labute approximate surface area is 58.9 Å². The second-order valence-corrected chi connectivity index (χ2v) is 0.610. The van der Waals surface area contributed by atoms with Crippen molar-refractivity contribution in [2.75, 3.05) is 0 Å². The van der Waals surface area contributed by atoms with E-state index in [2.05, 4.69) is 0 Å². The van der Waals surface area contributed by atoms with Gasteiger partial charge in [-0.1, -0.05) is 0 Å². The van der Waals surface area contributed by atoms with Crippen molar-refractivity contribution in [1.29, 1.82) is 0 Å². The molecule has 0 aromatic heterocycles. The molecule has 0 aromatic carbocycles. The molecule has 0 saturated carbocycles. The average molecular weight is 303 g/mol. The van der Waals surface area contributed by atoms with Crippen molar-refractivity contribution in [3.05, 3.63) is 0 Å². The predicted molar refractivity (Wildman–Crippen MR) is 18.9 cm³/mol. The summed E-state index contributed by atoms with van der Waals surface area (Å²) >= 11 is 0. The fraction of sp³-hybridized carbons (Fsp3) is 0. The van der Waals surface area contributed by atoms with E-state index in [4.69, 9.17) is 19.8 Å². The van der Waals surface area contributed by atoms with Crippen LogP contribution in [0.4, 0.5) is 0 Å². The average Bonchev–Trinajstić information content (AvgIpc) is 1.36. The summed E-state index contributed by atoms with van der Waals surface area (Å²) in [6, 6.07) is 0. The van der Waals surface area contributed by atoms with Gasteiger partial charge in [0, 0.05) is 21.1 Å². The smallest absolute Gasteiger partial charge is 0.414 e. The normalized spacial score (nSPS) is 5.50. The van der Waals surface area contributed by atoms with Gasteiger partial charge in [0.1, 0.15) is 0 Å². The molecular weight excluding hydrogens is 299 g/mol. The summed E-state index contributed by atoms with van der Waals surface area (Å²) in [5.74, 6) is -3.65. The summed E-state index contributed by atoms with van der Waals surface area (Å²) in [7, 11) is 0. The summed E-state index contributed by atoms with van der Waals surface area (Å²) in [6.45, 7) is 0. The molecule has 0 atom stereocenters. The molecule has 0 heterocycles. The van der Waals surface area contributed by atoms with E-state index in [1.54, 1.807) is 0 Å². The van der Waals surface area contributed by atoms with Crippen LogP contribution in [-0.4, -0.2) is 27.6 Å². The van der Waals surface area contributed by atoms with Gasteiger partial charge in [-0.25, -0.2) is 9.59 Å². The first-order chi connectivity index (χ1) is 2.64. The summed E-state index contributed by atoms with van der Waals surface area (Å²) in [5.41, 5.74) is 0. The Balaban J connectivity index is -0.000000125. The van der Waals surface area contributed by atoms with E-state index in [0.29, 0.717) is 0 Å². The molecule has 0 amide bonds. The third-order valence-corrected chi connectivity index (χ3v) is 0.183. The molecule has 0 aliphatic carbocycles. The monoisotopic (exact) mass is 303 g/mol. The zero-order chi connectivity index (χ0) is 5.15. The second-order valence-electron chi connectivity index (χ2n) is 0.610. The predicted octanol–water partition coefficient (Wildman–Crippen LogP) is -1.67. The largest absolute Gasteiger partial charge is 0.473 e. The fourth-order valence-corrected chi connectivity index (χ4v) is 0. The van der Waals surface area contributed by atoms with Gasteiger partial charge < -0.3 is 15.7 Å². The molecule has 0 aliphatic heterocycles. The van der Waals surface area contributed by atoms with Crippen molar-refractivity contribution in [3.8, 4) is 0 Å². The Kier molecular flexibility index (Phi) is 12.9. The van der Waals surface area contributed by atoms with Crippen LogP contribution in [0.1, 0.15) is 0 Å². The van der Waals surface area contributed by atoms with Gasteiger partial charge in [-0.2, -0.15) is 0 Å². The number of aliphatic carboxylic acids is 2. The Hall–Kier alpha value is -0.412. The molecule has 0 aliphatic rings. The van der Waals surface area contributed by atoms with Gasteiger partial charge in [0.15, 0.2) is 0 Å². The van der Waals surface area contributed by atoms with E-state index < -0.39 is 11.9 Å². The van der Waals surface area contributed by atoms with Gasteiger partial charge in [0.25, 0.3) is 0 Å².